The third kappa shape index (κ3) is 2.55. The molecule has 1 aromatic heterocycles. The Hall–Kier alpha value is -2.83. The van der Waals surface area contributed by atoms with E-state index in [1.807, 2.05) is 18.2 Å². The van der Waals surface area contributed by atoms with Gasteiger partial charge in [0, 0.05) is 23.3 Å². The van der Waals surface area contributed by atoms with Crippen LogP contribution in [0, 0.1) is 5.41 Å². The maximum atomic E-state index is 13.1. The van der Waals surface area contributed by atoms with Gasteiger partial charge in [0.1, 0.15) is 23.9 Å². The van der Waals surface area contributed by atoms with Crippen molar-refractivity contribution < 1.29 is 14.3 Å². The topological polar surface area (TPSA) is 78.3 Å². The fourth-order valence-corrected chi connectivity index (χ4v) is 3.89. The number of hydrogen-bond donors (Lipinski definition) is 1. The van der Waals surface area contributed by atoms with E-state index in [2.05, 4.69) is 29.2 Å². The van der Waals surface area contributed by atoms with Crippen molar-refractivity contribution in [3.05, 3.63) is 41.4 Å². The summed E-state index contributed by atoms with van der Waals surface area (Å²) < 4.78 is 12.7. The summed E-state index contributed by atoms with van der Waals surface area (Å²) in [6.45, 7) is 4.22. The quantitative estimate of drug-likeness (QED) is 0.913. The van der Waals surface area contributed by atoms with Crippen LogP contribution in [0.1, 0.15) is 38.3 Å². The molecule has 1 aliphatic heterocycles. The third-order valence-corrected chi connectivity index (χ3v) is 5.01. The minimum absolute atomic E-state index is 0.0892. The van der Waals surface area contributed by atoms with Gasteiger partial charge >= 0.3 is 0 Å². The summed E-state index contributed by atoms with van der Waals surface area (Å²) in [4.78, 5) is 17.4. The molecule has 1 N–H and O–H groups in total. The van der Waals surface area contributed by atoms with Gasteiger partial charge in [-0.3, -0.25) is 4.79 Å². The van der Waals surface area contributed by atoms with Crippen LogP contribution in [-0.4, -0.2) is 34.8 Å². The summed E-state index contributed by atoms with van der Waals surface area (Å²) in [5, 5.41) is 7.67. The second-order valence-electron chi connectivity index (χ2n) is 7.50. The van der Waals surface area contributed by atoms with Gasteiger partial charge in [0.05, 0.1) is 14.2 Å². The van der Waals surface area contributed by atoms with Crippen LogP contribution >= 0.6 is 0 Å². The number of aromatic nitrogens is 3. The average molecular weight is 354 g/mol. The van der Waals surface area contributed by atoms with E-state index in [1.165, 1.54) is 6.33 Å². The molecule has 0 amide bonds. The predicted octanol–water partition coefficient (Wildman–Crippen LogP) is 2.95. The van der Waals surface area contributed by atoms with Gasteiger partial charge in [-0.15, -0.1) is 0 Å². The lowest BCUT2D eigenvalue weighted by Gasteiger charge is -2.38. The Bertz CT molecular complexity index is 913. The number of rotatable bonds is 3. The number of Topliss-reactive ketones (excluding diaryl/α,β-unsaturated/α-hetero) is 1. The Morgan fingerprint density at radius 2 is 2.04 bits per heavy atom. The Morgan fingerprint density at radius 1 is 1.23 bits per heavy atom. The van der Waals surface area contributed by atoms with Crippen molar-refractivity contribution in [2.45, 2.75) is 32.7 Å². The smallest absolute Gasteiger partial charge is 0.226 e. The standard InChI is InChI=1S/C19H22N4O3/c1-19(2)8-13-16(14(24)9-19)17(23-18(22-13)20-10-21-23)12-7-11(25-3)5-6-15(12)26-4/h5-7,10,17H,8-9H2,1-4H3,(H,20,21,22). The van der Waals surface area contributed by atoms with E-state index in [9.17, 15) is 4.79 Å². The molecule has 2 heterocycles. The van der Waals surface area contributed by atoms with Crippen LogP contribution in [0.4, 0.5) is 5.95 Å². The largest absolute Gasteiger partial charge is 0.497 e. The van der Waals surface area contributed by atoms with E-state index >= 15 is 0 Å². The molecule has 1 aromatic carbocycles. The normalized spacial score (nSPS) is 20.9. The number of fused-ring (bicyclic) bond motifs is 1. The summed E-state index contributed by atoms with van der Waals surface area (Å²) >= 11 is 0. The SMILES string of the molecule is COc1ccc(OC)c(C2C3=C(CC(C)(C)CC3=O)Nc3ncnn32)c1. The Kier molecular flexibility index (Phi) is 3.75. The number of allylic oxidation sites excluding steroid dienone is 2. The van der Waals surface area contributed by atoms with Gasteiger partial charge in [-0.1, -0.05) is 13.8 Å². The first-order chi connectivity index (χ1) is 12.4. The van der Waals surface area contributed by atoms with Crippen molar-refractivity contribution in [3.8, 4) is 11.5 Å². The molecule has 1 aliphatic carbocycles. The average Bonchev–Trinajstić information content (AvgIpc) is 3.06. The van der Waals surface area contributed by atoms with E-state index in [4.69, 9.17) is 9.47 Å². The van der Waals surface area contributed by atoms with E-state index < -0.39 is 6.04 Å². The fraction of sp³-hybridized carbons (Fsp3) is 0.421. The van der Waals surface area contributed by atoms with E-state index in [-0.39, 0.29) is 11.2 Å². The molecule has 0 fully saturated rings. The lowest BCUT2D eigenvalue weighted by Crippen LogP contribution is -2.36. The van der Waals surface area contributed by atoms with Gasteiger partial charge in [0.25, 0.3) is 0 Å². The van der Waals surface area contributed by atoms with Gasteiger partial charge in [-0.2, -0.15) is 10.1 Å². The summed E-state index contributed by atoms with van der Waals surface area (Å²) in [5.74, 6) is 2.14. The van der Waals surface area contributed by atoms with Gasteiger partial charge in [-0.25, -0.2) is 4.68 Å². The Morgan fingerprint density at radius 3 is 2.77 bits per heavy atom. The monoisotopic (exact) mass is 354 g/mol. The highest BCUT2D eigenvalue weighted by Crippen LogP contribution is 2.47. The first-order valence-corrected chi connectivity index (χ1v) is 8.58. The van der Waals surface area contributed by atoms with Crippen LogP contribution in [0.2, 0.25) is 0 Å². The molecule has 2 aromatic rings. The highest BCUT2D eigenvalue weighted by molar-refractivity contribution is 6.00. The van der Waals surface area contributed by atoms with Crippen molar-refractivity contribution >= 4 is 11.7 Å². The van der Waals surface area contributed by atoms with E-state index in [1.54, 1.807) is 18.9 Å². The molecule has 1 unspecified atom stereocenters. The zero-order valence-electron chi connectivity index (χ0n) is 15.4. The van der Waals surface area contributed by atoms with Gasteiger partial charge in [0.2, 0.25) is 5.95 Å². The molecule has 0 saturated heterocycles. The van der Waals surface area contributed by atoms with Crippen LogP contribution in [-0.2, 0) is 4.79 Å². The van der Waals surface area contributed by atoms with Crippen LogP contribution in [0.15, 0.2) is 35.8 Å². The summed E-state index contributed by atoms with van der Waals surface area (Å²) in [6, 6.07) is 5.20. The van der Waals surface area contributed by atoms with Gasteiger partial charge in [-0.05, 0) is 30.0 Å². The number of nitrogens with one attached hydrogen (secondary N) is 1. The van der Waals surface area contributed by atoms with Crippen LogP contribution in [0.25, 0.3) is 0 Å². The molecule has 4 rings (SSSR count). The molecule has 26 heavy (non-hydrogen) atoms. The number of methoxy groups -OCH3 is 2. The van der Waals surface area contributed by atoms with Crippen LogP contribution in [0.5, 0.6) is 11.5 Å². The minimum atomic E-state index is -0.391. The number of benzene rings is 1. The summed E-state index contributed by atoms with van der Waals surface area (Å²) in [5.41, 5.74) is 2.39. The molecule has 0 bridgehead atoms. The lowest BCUT2D eigenvalue weighted by atomic mass is 9.73. The lowest BCUT2D eigenvalue weighted by molar-refractivity contribution is -0.118. The zero-order valence-corrected chi connectivity index (χ0v) is 15.4. The molecule has 0 saturated carbocycles. The van der Waals surface area contributed by atoms with Crippen molar-refractivity contribution in [1.82, 2.24) is 14.8 Å². The minimum Gasteiger partial charge on any atom is -0.497 e. The second kappa shape index (κ2) is 5.86. The van der Waals surface area contributed by atoms with Crippen molar-refractivity contribution in [1.29, 1.82) is 0 Å². The maximum Gasteiger partial charge on any atom is 0.226 e. The molecular weight excluding hydrogens is 332 g/mol. The van der Waals surface area contributed by atoms with E-state index in [0.29, 0.717) is 23.9 Å². The molecule has 7 heteroatoms. The Labute approximate surface area is 152 Å². The van der Waals surface area contributed by atoms with Crippen molar-refractivity contribution in [3.63, 3.8) is 0 Å². The summed E-state index contributed by atoms with van der Waals surface area (Å²) in [7, 11) is 3.24. The third-order valence-electron chi connectivity index (χ3n) is 5.01. The fourth-order valence-electron chi connectivity index (χ4n) is 3.89. The van der Waals surface area contributed by atoms with E-state index in [0.717, 1.165) is 23.3 Å². The van der Waals surface area contributed by atoms with Crippen LogP contribution < -0.4 is 14.8 Å². The number of anilines is 1. The molecule has 2 aliphatic rings. The molecule has 0 spiro atoms. The van der Waals surface area contributed by atoms with Gasteiger partial charge in [0.15, 0.2) is 5.78 Å². The van der Waals surface area contributed by atoms with Gasteiger partial charge < -0.3 is 14.8 Å². The molecule has 1 atom stereocenters. The highest BCUT2D eigenvalue weighted by atomic mass is 16.5. The number of nitrogens with zero attached hydrogens (tertiary/aromatic N) is 3. The first-order valence-electron chi connectivity index (χ1n) is 8.58. The zero-order chi connectivity index (χ0) is 18.5. The van der Waals surface area contributed by atoms with Crippen LogP contribution in [0.3, 0.4) is 0 Å². The first kappa shape index (κ1) is 16.6. The predicted molar refractivity (Wildman–Crippen MR) is 96.4 cm³/mol. The highest BCUT2D eigenvalue weighted by Gasteiger charge is 2.42. The molecule has 136 valence electrons. The number of ketones is 1. The maximum absolute atomic E-state index is 13.1. The molecule has 7 nitrogen and oxygen atoms in total. The molecule has 0 radical (unpaired) electrons. The number of hydrogen-bond acceptors (Lipinski definition) is 6. The Balaban J connectivity index is 1.94. The number of carbonyl (C=O) groups excluding carboxylic acids is 1. The van der Waals surface area contributed by atoms with Crippen molar-refractivity contribution in [2.75, 3.05) is 19.5 Å². The number of ether oxygens (including phenoxy) is 2. The molecular formula is C19H22N4O3. The van der Waals surface area contributed by atoms with Crippen molar-refractivity contribution in [2.24, 2.45) is 5.41 Å². The second-order valence-corrected chi connectivity index (χ2v) is 7.50. The number of carbonyl (C=O) groups is 1. The summed E-state index contributed by atoms with van der Waals surface area (Å²) in [6.07, 6.45) is 2.78.